The van der Waals surface area contributed by atoms with Crippen molar-refractivity contribution in [1.29, 1.82) is 0 Å². The van der Waals surface area contributed by atoms with Gasteiger partial charge in [-0.25, -0.2) is 9.97 Å². The molecule has 0 amide bonds. The summed E-state index contributed by atoms with van der Waals surface area (Å²) in [6, 6.07) is 4.54. The van der Waals surface area contributed by atoms with Crippen LogP contribution in [0.4, 0.5) is 38.1 Å². The fraction of sp³-hybridized carbons (Fsp3) is 0.500. The van der Waals surface area contributed by atoms with Crippen molar-refractivity contribution in [2.24, 2.45) is 11.3 Å². The predicted octanol–water partition coefficient (Wildman–Crippen LogP) is 7.55. The first-order valence-electron chi connectivity index (χ1n) is 13.0. The molecule has 5 nitrogen and oxygen atoms in total. The number of anilines is 2. The number of alkyl halides is 6. The van der Waals surface area contributed by atoms with E-state index in [9.17, 15) is 26.3 Å². The maximum absolute atomic E-state index is 13.8. The smallest absolute Gasteiger partial charge is 0.353 e. The fourth-order valence-corrected chi connectivity index (χ4v) is 5.53. The summed E-state index contributed by atoms with van der Waals surface area (Å²) in [7, 11) is 0. The van der Waals surface area contributed by atoms with Gasteiger partial charge in [-0.05, 0) is 60.4 Å². The summed E-state index contributed by atoms with van der Waals surface area (Å²) in [6.07, 6.45) is -3.30. The van der Waals surface area contributed by atoms with Gasteiger partial charge < -0.3 is 14.8 Å². The molecule has 39 heavy (non-hydrogen) atoms. The van der Waals surface area contributed by atoms with Crippen LogP contribution in [0.15, 0.2) is 36.5 Å². The molecule has 0 radical (unpaired) electrons. The lowest BCUT2D eigenvalue weighted by molar-refractivity contribution is -0.138. The van der Waals surface area contributed by atoms with E-state index in [4.69, 9.17) is 4.98 Å². The Balaban J connectivity index is 1.43. The second kappa shape index (κ2) is 9.75. The summed E-state index contributed by atoms with van der Waals surface area (Å²) in [5.41, 5.74) is 0.703. The molecular formula is C28H31F6N5. The Morgan fingerprint density at radius 1 is 0.923 bits per heavy atom. The Kier molecular flexibility index (Phi) is 6.83. The summed E-state index contributed by atoms with van der Waals surface area (Å²) in [5.74, 6) is 0.737. The van der Waals surface area contributed by atoms with Gasteiger partial charge in [-0.15, -0.1) is 0 Å². The van der Waals surface area contributed by atoms with Crippen molar-refractivity contribution >= 4 is 28.4 Å². The Bertz CT molecular complexity index is 1370. The van der Waals surface area contributed by atoms with Gasteiger partial charge in [0, 0.05) is 37.9 Å². The topological polar surface area (TPSA) is 48.1 Å². The van der Waals surface area contributed by atoms with E-state index in [0.29, 0.717) is 48.0 Å². The van der Waals surface area contributed by atoms with Crippen molar-refractivity contribution < 1.29 is 26.3 Å². The van der Waals surface area contributed by atoms with Gasteiger partial charge in [-0.2, -0.15) is 26.3 Å². The number of aromatic nitrogens is 3. The molecule has 5 rings (SSSR count). The van der Waals surface area contributed by atoms with E-state index in [2.05, 4.69) is 30.7 Å². The number of hydrogen-bond acceptors (Lipinski definition) is 4. The van der Waals surface area contributed by atoms with Gasteiger partial charge in [0.25, 0.3) is 0 Å². The third-order valence-corrected chi connectivity index (χ3v) is 7.85. The minimum atomic E-state index is -4.52. The first-order valence-corrected chi connectivity index (χ1v) is 13.0. The Morgan fingerprint density at radius 2 is 1.62 bits per heavy atom. The van der Waals surface area contributed by atoms with Gasteiger partial charge in [0.05, 0.1) is 22.2 Å². The van der Waals surface area contributed by atoms with E-state index in [1.165, 1.54) is 18.3 Å². The number of pyridine rings is 1. The molecule has 2 aromatic heterocycles. The number of rotatable bonds is 3. The van der Waals surface area contributed by atoms with Crippen molar-refractivity contribution in [2.45, 2.75) is 52.4 Å². The molecule has 0 spiro atoms. The second-order valence-corrected chi connectivity index (χ2v) is 11.4. The number of allylic oxidation sites excluding steroid dienone is 2. The van der Waals surface area contributed by atoms with Crippen LogP contribution in [0.25, 0.3) is 16.6 Å². The summed E-state index contributed by atoms with van der Waals surface area (Å²) in [6.45, 7) is 7.73. The number of nitrogens with one attached hydrogen (secondary N) is 1. The maximum Gasteiger partial charge on any atom is 0.419 e. The average Bonchev–Trinajstić information content (AvgIpc) is 3.31. The van der Waals surface area contributed by atoms with Crippen molar-refractivity contribution in [3.63, 3.8) is 0 Å². The molecule has 210 valence electrons. The normalized spacial score (nSPS) is 19.5. The maximum atomic E-state index is 13.8. The molecule has 3 aromatic rings. The summed E-state index contributed by atoms with van der Waals surface area (Å²) >= 11 is 0. The van der Waals surface area contributed by atoms with Crippen molar-refractivity contribution in [3.05, 3.63) is 53.2 Å². The van der Waals surface area contributed by atoms with E-state index in [-0.39, 0.29) is 24.3 Å². The highest BCUT2D eigenvalue weighted by atomic mass is 19.4. The molecule has 2 aliphatic rings. The molecule has 1 N–H and O–H groups in total. The fourth-order valence-electron chi connectivity index (χ4n) is 5.53. The minimum Gasteiger partial charge on any atom is -0.353 e. The van der Waals surface area contributed by atoms with E-state index < -0.39 is 23.5 Å². The van der Waals surface area contributed by atoms with E-state index >= 15 is 0 Å². The molecule has 0 saturated carbocycles. The summed E-state index contributed by atoms with van der Waals surface area (Å²) < 4.78 is 81.8. The van der Waals surface area contributed by atoms with Gasteiger partial charge >= 0.3 is 12.4 Å². The van der Waals surface area contributed by atoms with Crippen LogP contribution in [0.2, 0.25) is 0 Å². The largest absolute Gasteiger partial charge is 0.419 e. The summed E-state index contributed by atoms with van der Waals surface area (Å²) in [4.78, 5) is 15.2. The van der Waals surface area contributed by atoms with Crippen LogP contribution in [0, 0.1) is 11.3 Å². The number of halogens is 6. The van der Waals surface area contributed by atoms with Crippen LogP contribution in [0.1, 0.15) is 56.7 Å². The van der Waals surface area contributed by atoms with Crippen LogP contribution in [-0.2, 0) is 12.4 Å². The van der Waals surface area contributed by atoms with Gasteiger partial charge in [0.2, 0.25) is 5.95 Å². The number of H-pyrrole nitrogens is 1. The number of fused-ring (bicyclic) bond motifs is 1. The Hall–Kier alpha value is -3.24. The van der Waals surface area contributed by atoms with Crippen molar-refractivity contribution in [3.8, 4) is 0 Å². The first-order chi connectivity index (χ1) is 18.2. The lowest BCUT2D eigenvalue weighted by atomic mass is 9.72. The second-order valence-electron chi connectivity index (χ2n) is 11.4. The quantitative estimate of drug-likeness (QED) is 0.342. The molecule has 1 aromatic carbocycles. The Morgan fingerprint density at radius 3 is 2.21 bits per heavy atom. The average molecular weight is 552 g/mol. The zero-order valence-electron chi connectivity index (χ0n) is 22.0. The predicted molar refractivity (Wildman–Crippen MR) is 140 cm³/mol. The standard InChI is InChI=1S/C28H31F6N5/c1-26(2,3)18-8-6-17(7-9-18)20-15-19(27(29,30)31)16-22-23(20)37-25(36-22)39-13-11-38(12-14-39)24-21(28(32,33)34)5-4-10-35-24/h4-6,10,15-16,18H,7-9,11-14H2,1-3H3,(H,36,37). The number of aromatic amines is 1. The molecule has 1 unspecified atom stereocenters. The SMILES string of the molecule is CC(C)(C)C1CC=C(c2cc(C(F)(F)F)cc3[nH]c(N4CCN(c5ncccc5C(F)(F)F)CC4)nc23)CC1. The minimum absolute atomic E-state index is 0.114. The van der Waals surface area contributed by atoms with Gasteiger partial charge in [0.15, 0.2) is 0 Å². The highest BCUT2D eigenvalue weighted by molar-refractivity contribution is 5.91. The van der Waals surface area contributed by atoms with Crippen LogP contribution in [0.5, 0.6) is 0 Å². The van der Waals surface area contributed by atoms with Crippen LogP contribution in [-0.4, -0.2) is 41.1 Å². The molecular weight excluding hydrogens is 520 g/mol. The monoisotopic (exact) mass is 551 g/mol. The molecule has 11 heteroatoms. The van der Waals surface area contributed by atoms with Gasteiger partial charge in [0.1, 0.15) is 5.82 Å². The van der Waals surface area contributed by atoms with Gasteiger partial charge in [-0.3, -0.25) is 0 Å². The molecule has 1 aliphatic heterocycles. The lowest BCUT2D eigenvalue weighted by Crippen LogP contribution is -2.47. The highest BCUT2D eigenvalue weighted by Crippen LogP contribution is 2.43. The zero-order chi connectivity index (χ0) is 28.2. The Labute approximate surface area is 222 Å². The first kappa shape index (κ1) is 27.3. The third kappa shape index (κ3) is 5.58. The number of nitrogens with zero attached hydrogens (tertiary/aromatic N) is 4. The molecule has 0 bridgehead atoms. The number of imidazole rings is 1. The van der Waals surface area contributed by atoms with Gasteiger partial charge in [-0.1, -0.05) is 26.8 Å². The highest BCUT2D eigenvalue weighted by Gasteiger charge is 2.37. The van der Waals surface area contributed by atoms with Crippen molar-refractivity contribution in [2.75, 3.05) is 36.0 Å². The number of benzene rings is 1. The number of piperazine rings is 1. The molecule has 1 fully saturated rings. The van der Waals surface area contributed by atoms with E-state index in [1.54, 1.807) is 4.90 Å². The molecule has 3 heterocycles. The lowest BCUT2D eigenvalue weighted by Gasteiger charge is -2.36. The van der Waals surface area contributed by atoms with Crippen LogP contribution >= 0.6 is 0 Å². The van der Waals surface area contributed by atoms with Crippen LogP contribution < -0.4 is 9.80 Å². The number of hydrogen-bond donors (Lipinski definition) is 1. The van der Waals surface area contributed by atoms with E-state index in [1.807, 2.05) is 11.0 Å². The molecule has 1 aliphatic carbocycles. The zero-order valence-corrected chi connectivity index (χ0v) is 22.0. The molecule has 1 saturated heterocycles. The molecule has 1 atom stereocenters. The van der Waals surface area contributed by atoms with Crippen molar-refractivity contribution in [1.82, 2.24) is 15.0 Å². The third-order valence-electron chi connectivity index (χ3n) is 7.85. The summed E-state index contributed by atoms with van der Waals surface area (Å²) in [5, 5.41) is 0. The van der Waals surface area contributed by atoms with Crippen LogP contribution in [0.3, 0.4) is 0 Å². The van der Waals surface area contributed by atoms with E-state index in [0.717, 1.165) is 30.5 Å².